The third kappa shape index (κ3) is 2.85. The highest BCUT2D eigenvalue weighted by molar-refractivity contribution is 9.13. The Kier molecular flexibility index (Phi) is 4.05. The second-order valence-corrected chi connectivity index (χ2v) is 6.71. The summed E-state index contributed by atoms with van der Waals surface area (Å²) in [6.07, 6.45) is 0. The number of furan rings is 1. The van der Waals surface area contributed by atoms with Crippen LogP contribution >= 0.6 is 31.9 Å². The summed E-state index contributed by atoms with van der Waals surface area (Å²) in [7, 11) is 0. The lowest BCUT2D eigenvalue weighted by molar-refractivity contribution is 0.595. The van der Waals surface area contributed by atoms with Gasteiger partial charge in [0.15, 0.2) is 0 Å². The van der Waals surface area contributed by atoms with Gasteiger partial charge in [-0.25, -0.2) is 0 Å². The van der Waals surface area contributed by atoms with E-state index in [9.17, 15) is 0 Å². The third-order valence-electron chi connectivity index (χ3n) is 3.42. The summed E-state index contributed by atoms with van der Waals surface area (Å²) in [6.45, 7) is 4.16. The molecule has 0 aliphatic rings. The SMILES string of the molecule is Cc1ccc(-c2oc(-c3ccc(C)cc3)c(Br)c2Br)cc1. The standard InChI is InChI=1S/C18H14Br2O/c1-11-3-7-13(8-4-11)17-15(19)16(20)18(21-17)14-9-5-12(2)6-10-14/h3-10H,1-2H3. The molecule has 106 valence electrons. The second-order valence-electron chi connectivity index (χ2n) is 5.12. The zero-order valence-electron chi connectivity index (χ0n) is 11.8. The van der Waals surface area contributed by atoms with E-state index in [4.69, 9.17) is 4.42 Å². The van der Waals surface area contributed by atoms with Crippen LogP contribution in [0.4, 0.5) is 0 Å². The van der Waals surface area contributed by atoms with Gasteiger partial charge in [-0.1, -0.05) is 59.7 Å². The van der Waals surface area contributed by atoms with Crippen LogP contribution in [0.3, 0.4) is 0 Å². The van der Waals surface area contributed by atoms with Gasteiger partial charge in [0, 0.05) is 11.1 Å². The monoisotopic (exact) mass is 404 g/mol. The summed E-state index contributed by atoms with van der Waals surface area (Å²) >= 11 is 7.25. The maximum absolute atomic E-state index is 6.10. The van der Waals surface area contributed by atoms with Crippen LogP contribution in [-0.4, -0.2) is 0 Å². The first-order valence-corrected chi connectivity index (χ1v) is 8.26. The van der Waals surface area contributed by atoms with Crippen molar-refractivity contribution < 1.29 is 4.42 Å². The third-order valence-corrected chi connectivity index (χ3v) is 5.47. The van der Waals surface area contributed by atoms with Crippen LogP contribution in [-0.2, 0) is 0 Å². The van der Waals surface area contributed by atoms with Gasteiger partial charge in [0.1, 0.15) is 11.5 Å². The van der Waals surface area contributed by atoms with Crippen molar-refractivity contribution in [1.29, 1.82) is 0 Å². The van der Waals surface area contributed by atoms with Crippen LogP contribution in [0.15, 0.2) is 61.9 Å². The summed E-state index contributed by atoms with van der Waals surface area (Å²) in [5.74, 6) is 1.69. The summed E-state index contributed by atoms with van der Waals surface area (Å²) < 4.78 is 8.00. The van der Waals surface area contributed by atoms with Gasteiger partial charge in [-0.3, -0.25) is 0 Å². The minimum absolute atomic E-state index is 0.845. The Hall–Kier alpha value is -1.32. The van der Waals surface area contributed by atoms with Crippen molar-refractivity contribution in [3.05, 3.63) is 68.6 Å². The van der Waals surface area contributed by atoms with Crippen LogP contribution in [0.1, 0.15) is 11.1 Å². The fourth-order valence-corrected chi connectivity index (χ4v) is 3.15. The van der Waals surface area contributed by atoms with Crippen LogP contribution in [0.2, 0.25) is 0 Å². The van der Waals surface area contributed by atoms with Crippen LogP contribution < -0.4 is 0 Å². The molecule has 21 heavy (non-hydrogen) atoms. The number of rotatable bonds is 2. The molecule has 0 saturated carbocycles. The Morgan fingerprint density at radius 1 is 0.619 bits per heavy atom. The summed E-state index contributed by atoms with van der Waals surface area (Å²) in [5.41, 5.74) is 4.59. The highest BCUT2D eigenvalue weighted by atomic mass is 79.9. The summed E-state index contributed by atoms with van der Waals surface area (Å²) in [5, 5.41) is 0. The average Bonchev–Trinajstić information content (AvgIpc) is 2.78. The van der Waals surface area contributed by atoms with E-state index >= 15 is 0 Å². The molecular formula is C18H14Br2O. The van der Waals surface area contributed by atoms with Gasteiger partial charge < -0.3 is 4.42 Å². The molecule has 0 radical (unpaired) electrons. The van der Waals surface area contributed by atoms with Gasteiger partial charge in [0.05, 0.1) is 8.95 Å². The Bertz CT molecular complexity index is 702. The first-order valence-electron chi connectivity index (χ1n) is 6.68. The first kappa shape index (κ1) is 14.6. The lowest BCUT2D eigenvalue weighted by Crippen LogP contribution is -1.76. The molecule has 1 nitrogen and oxygen atoms in total. The summed E-state index contributed by atoms with van der Waals surface area (Å²) in [6, 6.07) is 16.6. The Morgan fingerprint density at radius 2 is 0.952 bits per heavy atom. The molecular weight excluding hydrogens is 392 g/mol. The topological polar surface area (TPSA) is 13.1 Å². The van der Waals surface area contributed by atoms with E-state index < -0.39 is 0 Å². The molecule has 0 fully saturated rings. The molecule has 0 N–H and O–H groups in total. The fourth-order valence-electron chi connectivity index (χ4n) is 2.17. The molecule has 0 amide bonds. The predicted octanol–water partition coefficient (Wildman–Crippen LogP) is 6.76. The van der Waals surface area contributed by atoms with Crippen LogP contribution in [0.25, 0.3) is 22.6 Å². The quantitative estimate of drug-likeness (QED) is 0.459. The van der Waals surface area contributed by atoms with Crippen molar-refractivity contribution in [3.63, 3.8) is 0 Å². The van der Waals surface area contributed by atoms with Gasteiger partial charge in [-0.05, 0) is 45.7 Å². The largest absolute Gasteiger partial charge is 0.454 e. The molecule has 0 saturated heterocycles. The maximum Gasteiger partial charge on any atom is 0.150 e. The molecule has 3 aromatic rings. The van der Waals surface area contributed by atoms with Gasteiger partial charge in [0.2, 0.25) is 0 Å². The normalized spacial score (nSPS) is 10.9. The van der Waals surface area contributed by atoms with E-state index in [2.05, 4.69) is 94.2 Å². The van der Waals surface area contributed by atoms with Crippen molar-refractivity contribution in [2.75, 3.05) is 0 Å². The van der Waals surface area contributed by atoms with Gasteiger partial charge in [-0.15, -0.1) is 0 Å². The van der Waals surface area contributed by atoms with Crippen molar-refractivity contribution in [2.24, 2.45) is 0 Å². The summed E-state index contributed by atoms with van der Waals surface area (Å²) in [4.78, 5) is 0. The zero-order valence-corrected chi connectivity index (χ0v) is 15.0. The van der Waals surface area contributed by atoms with Crippen molar-refractivity contribution in [3.8, 4) is 22.6 Å². The molecule has 0 unspecified atom stereocenters. The molecule has 3 rings (SSSR count). The lowest BCUT2D eigenvalue weighted by atomic mass is 10.1. The van der Waals surface area contributed by atoms with E-state index in [1.54, 1.807) is 0 Å². The molecule has 0 spiro atoms. The number of halogens is 2. The molecule has 2 aromatic carbocycles. The lowest BCUT2D eigenvalue weighted by Gasteiger charge is -2.00. The number of aryl methyl sites for hydroxylation is 2. The smallest absolute Gasteiger partial charge is 0.150 e. The second kappa shape index (κ2) is 5.82. The van der Waals surface area contributed by atoms with E-state index in [0.717, 1.165) is 31.6 Å². The Labute approximate surface area is 141 Å². The molecule has 0 atom stereocenters. The number of hydrogen-bond donors (Lipinski definition) is 0. The minimum atomic E-state index is 0.845. The first-order chi connectivity index (χ1) is 10.1. The predicted molar refractivity (Wildman–Crippen MR) is 94.5 cm³/mol. The Morgan fingerprint density at radius 3 is 1.29 bits per heavy atom. The van der Waals surface area contributed by atoms with Gasteiger partial charge in [0.25, 0.3) is 0 Å². The van der Waals surface area contributed by atoms with Crippen molar-refractivity contribution in [2.45, 2.75) is 13.8 Å². The molecule has 0 aliphatic heterocycles. The van der Waals surface area contributed by atoms with E-state index in [0.29, 0.717) is 0 Å². The van der Waals surface area contributed by atoms with E-state index in [1.165, 1.54) is 11.1 Å². The van der Waals surface area contributed by atoms with Crippen LogP contribution in [0.5, 0.6) is 0 Å². The Balaban J connectivity index is 2.11. The maximum atomic E-state index is 6.10. The molecule has 0 bridgehead atoms. The molecule has 3 heteroatoms. The molecule has 0 aliphatic carbocycles. The molecule has 1 heterocycles. The number of benzene rings is 2. The van der Waals surface area contributed by atoms with E-state index in [1.807, 2.05) is 0 Å². The highest BCUT2D eigenvalue weighted by Crippen LogP contribution is 2.43. The molecule has 1 aromatic heterocycles. The van der Waals surface area contributed by atoms with Crippen LogP contribution in [0, 0.1) is 13.8 Å². The zero-order chi connectivity index (χ0) is 15.0. The highest BCUT2D eigenvalue weighted by Gasteiger charge is 2.18. The van der Waals surface area contributed by atoms with Crippen molar-refractivity contribution in [1.82, 2.24) is 0 Å². The van der Waals surface area contributed by atoms with Gasteiger partial charge in [-0.2, -0.15) is 0 Å². The fraction of sp³-hybridized carbons (Fsp3) is 0.111. The number of hydrogen-bond acceptors (Lipinski definition) is 1. The minimum Gasteiger partial charge on any atom is -0.454 e. The van der Waals surface area contributed by atoms with Gasteiger partial charge >= 0.3 is 0 Å². The van der Waals surface area contributed by atoms with Crippen molar-refractivity contribution >= 4 is 31.9 Å². The van der Waals surface area contributed by atoms with E-state index in [-0.39, 0.29) is 0 Å². The average molecular weight is 406 g/mol.